The van der Waals surface area contributed by atoms with Crippen LogP contribution in [-0.2, 0) is 0 Å². The first-order valence-electron chi connectivity index (χ1n) is 4.12. The minimum Gasteiger partial charge on any atom is -0.348 e. The van der Waals surface area contributed by atoms with Crippen LogP contribution >= 0.6 is 0 Å². The van der Waals surface area contributed by atoms with Gasteiger partial charge in [-0.1, -0.05) is 0 Å². The Morgan fingerprint density at radius 2 is 2.31 bits per heavy atom. The van der Waals surface area contributed by atoms with Crippen molar-refractivity contribution in [1.29, 1.82) is 0 Å². The van der Waals surface area contributed by atoms with Crippen LogP contribution in [0.3, 0.4) is 0 Å². The zero-order valence-corrected chi connectivity index (χ0v) is 6.91. The summed E-state index contributed by atoms with van der Waals surface area (Å²) in [7, 11) is 0. The third kappa shape index (κ3) is 1.93. The third-order valence-corrected chi connectivity index (χ3v) is 1.82. The van der Waals surface area contributed by atoms with Gasteiger partial charge in [-0.15, -0.1) is 0 Å². The van der Waals surface area contributed by atoms with Gasteiger partial charge in [0.2, 0.25) is 0 Å². The van der Waals surface area contributed by atoms with Gasteiger partial charge in [-0.25, -0.2) is 5.10 Å². The number of carbonyl (C=O) groups excluding carboxylic acids is 1. The highest BCUT2D eigenvalue weighted by atomic mass is 16.2. The largest absolute Gasteiger partial charge is 0.348 e. The first kappa shape index (κ1) is 7.97. The summed E-state index contributed by atoms with van der Waals surface area (Å²) in [6.45, 7) is 0. The van der Waals surface area contributed by atoms with Crippen molar-refractivity contribution in [3.63, 3.8) is 0 Å². The van der Waals surface area contributed by atoms with Crippen molar-refractivity contribution in [2.75, 3.05) is 0 Å². The van der Waals surface area contributed by atoms with Crippen LogP contribution in [0, 0.1) is 0 Å². The van der Waals surface area contributed by atoms with Gasteiger partial charge in [0.25, 0.3) is 11.5 Å². The number of aromatic amines is 1. The first-order valence-corrected chi connectivity index (χ1v) is 4.12. The van der Waals surface area contributed by atoms with Gasteiger partial charge in [0, 0.05) is 12.1 Å². The summed E-state index contributed by atoms with van der Waals surface area (Å²) in [5.74, 6) is -0.223. The molecule has 0 bridgehead atoms. The predicted octanol–water partition coefficient (Wildman–Crippen LogP) is -0.338. The number of hydrogen-bond donors (Lipinski definition) is 2. The van der Waals surface area contributed by atoms with E-state index in [9.17, 15) is 9.59 Å². The molecule has 5 nitrogen and oxygen atoms in total. The van der Waals surface area contributed by atoms with Crippen molar-refractivity contribution in [2.45, 2.75) is 18.9 Å². The van der Waals surface area contributed by atoms with Crippen LogP contribution in [0.4, 0.5) is 0 Å². The lowest BCUT2D eigenvalue weighted by molar-refractivity contribution is 0.0945. The summed E-state index contributed by atoms with van der Waals surface area (Å²) in [6.07, 6.45) is 2.07. The lowest BCUT2D eigenvalue weighted by Crippen LogP contribution is -2.27. The molecule has 1 fully saturated rings. The van der Waals surface area contributed by atoms with E-state index in [1.165, 1.54) is 12.1 Å². The Labute approximate surface area is 74.2 Å². The average molecular weight is 179 g/mol. The molecule has 1 saturated carbocycles. The Hall–Kier alpha value is -1.65. The van der Waals surface area contributed by atoms with Crippen LogP contribution in [0.2, 0.25) is 0 Å². The second-order valence-corrected chi connectivity index (χ2v) is 3.05. The summed E-state index contributed by atoms with van der Waals surface area (Å²) < 4.78 is 0. The molecule has 0 aromatic carbocycles. The molecular weight excluding hydrogens is 170 g/mol. The molecule has 0 atom stereocenters. The molecule has 0 saturated heterocycles. The molecular formula is C8H9N3O2. The summed E-state index contributed by atoms with van der Waals surface area (Å²) >= 11 is 0. The number of nitrogens with zero attached hydrogens (tertiary/aromatic N) is 1. The van der Waals surface area contributed by atoms with E-state index in [4.69, 9.17) is 0 Å². The van der Waals surface area contributed by atoms with Crippen LogP contribution in [0.5, 0.6) is 0 Å². The van der Waals surface area contributed by atoms with Crippen molar-refractivity contribution in [1.82, 2.24) is 15.5 Å². The van der Waals surface area contributed by atoms with Gasteiger partial charge < -0.3 is 5.32 Å². The number of rotatable bonds is 2. The Morgan fingerprint density at radius 3 is 2.85 bits per heavy atom. The Kier molecular flexibility index (Phi) is 1.84. The van der Waals surface area contributed by atoms with Crippen molar-refractivity contribution in [2.24, 2.45) is 0 Å². The number of amides is 1. The van der Waals surface area contributed by atoms with Gasteiger partial charge >= 0.3 is 0 Å². The van der Waals surface area contributed by atoms with Crippen molar-refractivity contribution >= 4 is 5.91 Å². The zero-order chi connectivity index (χ0) is 9.26. The van der Waals surface area contributed by atoms with E-state index < -0.39 is 0 Å². The molecule has 5 heteroatoms. The third-order valence-electron chi connectivity index (χ3n) is 1.82. The van der Waals surface area contributed by atoms with Crippen LogP contribution in [0.15, 0.2) is 16.9 Å². The molecule has 0 aliphatic heterocycles. The van der Waals surface area contributed by atoms with E-state index in [0.29, 0.717) is 6.04 Å². The summed E-state index contributed by atoms with van der Waals surface area (Å²) in [5, 5.41) is 8.58. The molecule has 0 spiro atoms. The van der Waals surface area contributed by atoms with Crippen LogP contribution in [-0.4, -0.2) is 22.1 Å². The Bertz CT molecular complexity index is 361. The molecule has 1 amide bonds. The van der Waals surface area contributed by atoms with E-state index in [2.05, 4.69) is 15.5 Å². The van der Waals surface area contributed by atoms with Gasteiger partial charge in [-0.3, -0.25) is 9.59 Å². The predicted molar refractivity (Wildman–Crippen MR) is 45.3 cm³/mol. The molecule has 2 N–H and O–H groups in total. The molecule has 1 aliphatic rings. The summed E-state index contributed by atoms with van der Waals surface area (Å²) in [5.41, 5.74) is -0.0468. The maximum Gasteiger partial charge on any atom is 0.271 e. The zero-order valence-electron chi connectivity index (χ0n) is 6.91. The molecule has 1 aromatic heterocycles. The lowest BCUT2D eigenvalue weighted by Gasteiger charge is -1.99. The van der Waals surface area contributed by atoms with Gasteiger partial charge in [0.1, 0.15) is 5.69 Å². The maximum atomic E-state index is 11.3. The van der Waals surface area contributed by atoms with Crippen molar-refractivity contribution in [3.05, 3.63) is 28.2 Å². The minimum atomic E-state index is -0.303. The van der Waals surface area contributed by atoms with E-state index >= 15 is 0 Å². The van der Waals surface area contributed by atoms with Gasteiger partial charge in [-0.2, -0.15) is 5.10 Å². The first-order chi connectivity index (χ1) is 6.25. The fraction of sp³-hybridized carbons (Fsp3) is 0.375. The molecule has 13 heavy (non-hydrogen) atoms. The molecule has 0 radical (unpaired) electrons. The quantitative estimate of drug-likeness (QED) is 0.652. The second kappa shape index (κ2) is 3.01. The standard InChI is InChI=1S/C8H9N3O2/c12-7-4-3-6(10-11-7)8(13)9-5-1-2-5/h3-5H,1-2H2,(H,9,13)(H,11,12). The molecule has 1 aliphatic carbocycles. The highest BCUT2D eigenvalue weighted by molar-refractivity contribution is 5.92. The number of H-pyrrole nitrogens is 1. The van der Waals surface area contributed by atoms with Gasteiger partial charge in [0.15, 0.2) is 0 Å². The van der Waals surface area contributed by atoms with Crippen LogP contribution in [0.25, 0.3) is 0 Å². The fourth-order valence-corrected chi connectivity index (χ4v) is 0.958. The second-order valence-electron chi connectivity index (χ2n) is 3.05. The molecule has 2 rings (SSSR count). The number of hydrogen-bond acceptors (Lipinski definition) is 3. The Balaban J connectivity index is 2.10. The monoisotopic (exact) mass is 179 g/mol. The minimum absolute atomic E-state index is 0.223. The van der Waals surface area contributed by atoms with Crippen LogP contribution in [0.1, 0.15) is 23.3 Å². The summed E-state index contributed by atoms with van der Waals surface area (Å²) in [6, 6.07) is 3.01. The number of nitrogens with one attached hydrogen (secondary N) is 2. The highest BCUT2D eigenvalue weighted by Crippen LogP contribution is 2.18. The number of aromatic nitrogens is 2. The van der Waals surface area contributed by atoms with Crippen molar-refractivity contribution < 1.29 is 4.79 Å². The van der Waals surface area contributed by atoms with E-state index in [1.54, 1.807) is 0 Å². The van der Waals surface area contributed by atoms with Crippen LogP contribution < -0.4 is 10.9 Å². The molecule has 1 aromatic rings. The van der Waals surface area contributed by atoms with Gasteiger partial charge in [0.05, 0.1) is 0 Å². The SMILES string of the molecule is O=C(NC1CC1)c1ccc(=O)[nH]n1. The number of carbonyl (C=O) groups is 1. The molecule has 0 unspecified atom stereocenters. The lowest BCUT2D eigenvalue weighted by atomic mass is 10.3. The highest BCUT2D eigenvalue weighted by Gasteiger charge is 2.24. The topological polar surface area (TPSA) is 74.8 Å². The average Bonchev–Trinajstić information content (AvgIpc) is 2.89. The summed E-state index contributed by atoms with van der Waals surface area (Å²) in [4.78, 5) is 21.9. The maximum absolute atomic E-state index is 11.3. The van der Waals surface area contributed by atoms with Crippen molar-refractivity contribution in [3.8, 4) is 0 Å². The molecule has 1 heterocycles. The van der Waals surface area contributed by atoms with E-state index in [1.807, 2.05) is 0 Å². The Morgan fingerprint density at radius 1 is 1.54 bits per heavy atom. The van der Waals surface area contributed by atoms with E-state index in [-0.39, 0.29) is 17.2 Å². The van der Waals surface area contributed by atoms with E-state index in [0.717, 1.165) is 12.8 Å². The molecule has 68 valence electrons. The normalized spacial score (nSPS) is 15.4. The fourth-order valence-electron chi connectivity index (χ4n) is 0.958. The van der Waals surface area contributed by atoms with Gasteiger partial charge in [-0.05, 0) is 18.9 Å². The smallest absolute Gasteiger partial charge is 0.271 e.